The molecule has 0 aromatic heterocycles. The molecule has 2 aromatic carbocycles. The number of methoxy groups -OCH3 is 1. The fourth-order valence-electron chi connectivity index (χ4n) is 3.16. The summed E-state index contributed by atoms with van der Waals surface area (Å²) in [4.78, 5) is 39.0. The van der Waals surface area contributed by atoms with Crippen molar-refractivity contribution >= 4 is 18.0 Å². The smallest absolute Gasteiger partial charge is 0.408 e. The summed E-state index contributed by atoms with van der Waals surface area (Å²) < 4.78 is 10.1. The Hall–Kier alpha value is -3.35. The number of likely N-dealkylation sites (N-methyl/N-ethyl adjacent to an activating group) is 1. The van der Waals surface area contributed by atoms with Crippen LogP contribution in [0.1, 0.15) is 25.0 Å². The summed E-state index contributed by atoms with van der Waals surface area (Å²) in [6, 6.07) is 17.9. The topological polar surface area (TPSA) is 84.9 Å². The minimum Gasteiger partial charge on any atom is -0.469 e. The predicted molar refractivity (Wildman–Crippen MR) is 117 cm³/mol. The van der Waals surface area contributed by atoms with Crippen molar-refractivity contribution in [2.75, 3.05) is 20.2 Å². The Labute approximate surface area is 183 Å². The van der Waals surface area contributed by atoms with E-state index < -0.39 is 18.1 Å². The minimum absolute atomic E-state index is 0.107. The Bertz CT molecular complexity index is 842. The van der Waals surface area contributed by atoms with E-state index in [1.54, 1.807) is 11.8 Å². The molecule has 1 N–H and O–H groups in total. The molecule has 2 aromatic rings. The lowest BCUT2D eigenvalue weighted by molar-refractivity contribution is -0.146. The first kappa shape index (κ1) is 23.9. The molecule has 0 heterocycles. The molecule has 0 bridgehead atoms. The third-order valence-corrected chi connectivity index (χ3v) is 4.88. The maximum atomic E-state index is 13.2. The molecule has 0 spiro atoms. The quantitative estimate of drug-likeness (QED) is 0.590. The minimum atomic E-state index is -0.824. The van der Waals surface area contributed by atoms with Crippen molar-refractivity contribution in [3.05, 3.63) is 71.8 Å². The van der Waals surface area contributed by atoms with Crippen molar-refractivity contribution in [3.63, 3.8) is 0 Å². The molecule has 0 radical (unpaired) electrons. The lowest BCUT2D eigenvalue weighted by Crippen LogP contribution is -2.51. The number of benzene rings is 2. The van der Waals surface area contributed by atoms with Crippen LogP contribution in [-0.2, 0) is 32.1 Å². The molecule has 1 unspecified atom stereocenters. The number of ether oxygens (including phenoxy) is 2. The molecule has 2 atom stereocenters. The van der Waals surface area contributed by atoms with Gasteiger partial charge in [0.1, 0.15) is 12.6 Å². The Morgan fingerprint density at radius 2 is 1.55 bits per heavy atom. The number of hydrogen-bond donors (Lipinski definition) is 1. The largest absolute Gasteiger partial charge is 0.469 e. The zero-order valence-electron chi connectivity index (χ0n) is 18.2. The van der Waals surface area contributed by atoms with Gasteiger partial charge in [0.05, 0.1) is 13.0 Å². The van der Waals surface area contributed by atoms with Crippen LogP contribution in [0.25, 0.3) is 0 Å². The first-order valence-corrected chi connectivity index (χ1v) is 10.3. The Morgan fingerprint density at radius 1 is 0.968 bits per heavy atom. The van der Waals surface area contributed by atoms with E-state index in [2.05, 4.69) is 5.32 Å². The van der Waals surface area contributed by atoms with Gasteiger partial charge in [-0.1, -0.05) is 67.6 Å². The maximum Gasteiger partial charge on any atom is 0.408 e. The van der Waals surface area contributed by atoms with E-state index in [1.165, 1.54) is 7.11 Å². The Kier molecular flexibility index (Phi) is 9.55. The summed E-state index contributed by atoms with van der Waals surface area (Å²) in [5, 5.41) is 2.70. The van der Waals surface area contributed by atoms with Gasteiger partial charge in [-0.05, 0) is 18.1 Å². The summed E-state index contributed by atoms with van der Waals surface area (Å²) in [6.45, 7) is 4.24. The zero-order valence-corrected chi connectivity index (χ0v) is 18.2. The molecule has 0 aliphatic rings. The van der Waals surface area contributed by atoms with E-state index in [0.29, 0.717) is 13.0 Å². The third kappa shape index (κ3) is 7.77. The third-order valence-electron chi connectivity index (χ3n) is 4.88. The van der Waals surface area contributed by atoms with Gasteiger partial charge in [-0.2, -0.15) is 0 Å². The van der Waals surface area contributed by atoms with Gasteiger partial charge in [-0.15, -0.1) is 0 Å². The number of alkyl carbamates (subject to hydrolysis) is 1. The van der Waals surface area contributed by atoms with Crippen LogP contribution in [0.4, 0.5) is 4.79 Å². The summed E-state index contributed by atoms with van der Waals surface area (Å²) in [5.74, 6) is -1.14. The van der Waals surface area contributed by atoms with Gasteiger partial charge in [-0.3, -0.25) is 9.59 Å². The second-order valence-electron chi connectivity index (χ2n) is 7.25. The molecule has 31 heavy (non-hydrogen) atoms. The van der Waals surface area contributed by atoms with Crippen LogP contribution in [0.5, 0.6) is 0 Å². The standard InChI is InChI=1S/C24H30N2O5/c1-4-26(16-18(2)23(28)30-3)22(27)21(15-19-11-7-5-8-12-19)25-24(29)31-17-20-13-9-6-10-14-20/h5-14,18,21H,4,15-17H2,1-3H3,(H,25,29)/t18?,21-/m0/s1. The first-order valence-electron chi connectivity index (χ1n) is 10.3. The number of hydrogen-bond acceptors (Lipinski definition) is 5. The van der Waals surface area contributed by atoms with E-state index in [0.717, 1.165) is 11.1 Å². The molecule has 2 amide bonds. The van der Waals surface area contributed by atoms with Crippen LogP contribution >= 0.6 is 0 Å². The summed E-state index contributed by atoms with van der Waals surface area (Å²) in [7, 11) is 1.32. The fourth-order valence-corrected chi connectivity index (χ4v) is 3.16. The molecular formula is C24H30N2O5. The van der Waals surface area contributed by atoms with Crippen molar-refractivity contribution in [2.45, 2.75) is 32.9 Å². The fraction of sp³-hybridized carbons (Fsp3) is 0.375. The van der Waals surface area contributed by atoms with Crippen LogP contribution in [0, 0.1) is 5.92 Å². The number of esters is 1. The van der Waals surface area contributed by atoms with Crippen LogP contribution in [-0.4, -0.2) is 49.1 Å². The number of carbonyl (C=O) groups excluding carboxylic acids is 3. The highest BCUT2D eigenvalue weighted by Gasteiger charge is 2.28. The SMILES string of the molecule is CCN(CC(C)C(=O)OC)C(=O)[C@H](Cc1ccccc1)NC(=O)OCc1ccccc1. The average molecular weight is 427 g/mol. The Morgan fingerprint density at radius 3 is 2.10 bits per heavy atom. The number of rotatable bonds is 10. The average Bonchev–Trinajstić information content (AvgIpc) is 2.81. The van der Waals surface area contributed by atoms with Crippen LogP contribution in [0.3, 0.4) is 0 Å². The molecule has 7 nitrogen and oxygen atoms in total. The highest BCUT2D eigenvalue weighted by Crippen LogP contribution is 2.10. The maximum absolute atomic E-state index is 13.2. The molecule has 2 rings (SSSR count). The van der Waals surface area contributed by atoms with Crippen molar-refractivity contribution in [1.82, 2.24) is 10.2 Å². The predicted octanol–water partition coefficient (Wildman–Crippen LogP) is 3.18. The summed E-state index contributed by atoms with van der Waals surface area (Å²) in [5.41, 5.74) is 1.76. The zero-order chi connectivity index (χ0) is 22.6. The molecule has 0 aliphatic carbocycles. The highest BCUT2D eigenvalue weighted by atomic mass is 16.5. The van der Waals surface area contributed by atoms with Crippen LogP contribution in [0.15, 0.2) is 60.7 Å². The highest BCUT2D eigenvalue weighted by molar-refractivity contribution is 5.86. The Balaban J connectivity index is 2.09. The van der Waals surface area contributed by atoms with Gasteiger partial charge in [0.25, 0.3) is 0 Å². The molecule has 166 valence electrons. The summed E-state index contributed by atoms with van der Waals surface area (Å²) >= 11 is 0. The number of nitrogens with zero attached hydrogens (tertiary/aromatic N) is 1. The first-order chi connectivity index (χ1) is 14.9. The van der Waals surface area contributed by atoms with Gasteiger partial charge >= 0.3 is 12.1 Å². The van der Waals surface area contributed by atoms with Gasteiger partial charge in [0.15, 0.2) is 0 Å². The number of carbonyl (C=O) groups is 3. The van der Waals surface area contributed by atoms with E-state index >= 15 is 0 Å². The van der Waals surface area contributed by atoms with Crippen LogP contribution < -0.4 is 5.32 Å². The van der Waals surface area contributed by atoms with Gasteiger partial charge in [0, 0.05) is 19.5 Å². The van der Waals surface area contributed by atoms with Crippen molar-refractivity contribution < 1.29 is 23.9 Å². The van der Waals surface area contributed by atoms with Crippen molar-refractivity contribution in [3.8, 4) is 0 Å². The second-order valence-corrected chi connectivity index (χ2v) is 7.25. The molecule has 0 fully saturated rings. The van der Waals surface area contributed by atoms with E-state index in [-0.39, 0.29) is 25.0 Å². The van der Waals surface area contributed by atoms with Crippen LogP contribution in [0.2, 0.25) is 0 Å². The molecule has 0 saturated carbocycles. The molecular weight excluding hydrogens is 396 g/mol. The van der Waals surface area contributed by atoms with Gasteiger partial charge < -0.3 is 19.7 Å². The van der Waals surface area contributed by atoms with Crippen molar-refractivity contribution in [2.24, 2.45) is 5.92 Å². The molecule has 0 aliphatic heterocycles. The molecule has 0 saturated heterocycles. The van der Waals surface area contributed by atoms with E-state index in [9.17, 15) is 14.4 Å². The van der Waals surface area contributed by atoms with Crippen molar-refractivity contribution in [1.29, 1.82) is 0 Å². The van der Waals surface area contributed by atoms with E-state index in [1.807, 2.05) is 67.6 Å². The lowest BCUT2D eigenvalue weighted by atomic mass is 10.0. The molecule has 7 heteroatoms. The lowest BCUT2D eigenvalue weighted by Gasteiger charge is -2.28. The van der Waals surface area contributed by atoms with E-state index in [4.69, 9.17) is 9.47 Å². The number of nitrogens with one attached hydrogen (secondary N) is 1. The summed E-state index contributed by atoms with van der Waals surface area (Å²) in [6.07, 6.45) is -0.362. The van der Waals surface area contributed by atoms with Gasteiger partial charge in [0.2, 0.25) is 5.91 Å². The van der Waals surface area contributed by atoms with Gasteiger partial charge in [-0.25, -0.2) is 4.79 Å². The normalized spacial score (nSPS) is 12.4. The number of amides is 2. The second kappa shape index (κ2) is 12.4. The monoisotopic (exact) mass is 426 g/mol.